The van der Waals surface area contributed by atoms with Crippen molar-refractivity contribution < 1.29 is 9.90 Å². The lowest BCUT2D eigenvalue weighted by atomic mass is 10.1. The Hall–Kier alpha value is -1.62. The third-order valence-corrected chi connectivity index (χ3v) is 3.30. The number of rotatable bonds is 5. The van der Waals surface area contributed by atoms with Crippen LogP contribution in [0.1, 0.15) is 29.6 Å². The smallest absolute Gasteiger partial charge is 0.252 e. The summed E-state index contributed by atoms with van der Waals surface area (Å²) in [5.74, 6) is 0.310. The molecule has 1 unspecified atom stereocenters. The van der Waals surface area contributed by atoms with Crippen molar-refractivity contribution in [1.82, 2.24) is 9.88 Å². The van der Waals surface area contributed by atoms with E-state index < -0.39 is 0 Å². The van der Waals surface area contributed by atoms with E-state index in [1.54, 1.807) is 7.05 Å². The lowest BCUT2D eigenvalue weighted by molar-refractivity contribution is 0.0923. The van der Waals surface area contributed by atoms with Gasteiger partial charge in [0.2, 0.25) is 5.56 Å². The fourth-order valence-electron chi connectivity index (χ4n) is 2.04. The highest BCUT2D eigenvalue weighted by atomic mass is 16.3. The van der Waals surface area contributed by atoms with Gasteiger partial charge < -0.3 is 15.0 Å². The second kappa shape index (κ2) is 5.35. The second-order valence-corrected chi connectivity index (χ2v) is 4.80. The Morgan fingerprint density at radius 1 is 1.56 bits per heavy atom. The molecule has 1 aromatic heterocycles. The van der Waals surface area contributed by atoms with Crippen LogP contribution in [0.4, 0.5) is 0 Å². The molecule has 0 aromatic carbocycles. The molecular formula is C13H18N2O3. The molecule has 18 heavy (non-hydrogen) atoms. The zero-order valence-corrected chi connectivity index (χ0v) is 10.4. The summed E-state index contributed by atoms with van der Waals surface area (Å²) in [4.78, 5) is 23.3. The Balaban J connectivity index is 2.05. The summed E-state index contributed by atoms with van der Waals surface area (Å²) in [5, 5.41) is 11.9. The summed E-state index contributed by atoms with van der Waals surface area (Å²) in [6.07, 6.45) is 4.33. The molecule has 0 aliphatic heterocycles. The van der Waals surface area contributed by atoms with Crippen molar-refractivity contribution in [2.45, 2.75) is 25.3 Å². The van der Waals surface area contributed by atoms with E-state index in [1.807, 2.05) is 0 Å². The van der Waals surface area contributed by atoms with Crippen LogP contribution in [-0.4, -0.2) is 28.2 Å². The SMILES string of the molecule is Cn1cc(C(=O)NC(CCO)C2CC2)ccc1=O. The number of aliphatic hydroxyl groups is 1. The van der Waals surface area contributed by atoms with Gasteiger partial charge in [-0.3, -0.25) is 9.59 Å². The van der Waals surface area contributed by atoms with Crippen molar-refractivity contribution in [2.24, 2.45) is 13.0 Å². The lowest BCUT2D eigenvalue weighted by Gasteiger charge is -2.17. The molecule has 1 aliphatic rings. The Morgan fingerprint density at radius 2 is 2.28 bits per heavy atom. The number of amides is 1. The fraction of sp³-hybridized carbons (Fsp3) is 0.538. The summed E-state index contributed by atoms with van der Waals surface area (Å²) >= 11 is 0. The molecule has 2 N–H and O–H groups in total. The number of aliphatic hydroxyl groups excluding tert-OH is 1. The van der Waals surface area contributed by atoms with Gasteiger partial charge in [-0.25, -0.2) is 0 Å². The van der Waals surface area contributed by atoms with Crippen LogP contribution in [0, 0.1) is 5.92 Å². The van der Waals surface area contributed by atoms with Crippen LogP contribution in [0.25, 0.3) is 0 Å². The van der Waals surface area contributed by atoms with Crippen molar-refractivity contribution in [3.63, 3.8) is 0 Å². The van der Waals surface area contributed by atoms with Gasteiger partial charge in [0.25, 0.3) is 5.91 Å². The van der Waals surface area contributed by atoms with E-state index in [1.165, 1.54) is 22.9 Å². The lowest BCUT2D eigenvalue weighted by Crippen LogP contribution is -2.37. The number of pyridine rings is 1. The van der Waals surface area contributed by atoms with Crippen molar-refractivity contribution >= 4 is 5.91 Å². The predicted octanol–water partition coefficient (Wildman–Crippen LogP) is 0.276. The number of aryl methyl sites for hydroxylation is 1. The fourth-order valence-corrected chi connectivity index (χ4v) is 2.04. The first-order chi connectivity index (χ1) is 8.61. The number of nitrogens with one attached hydrogen (secondary N) is 1. The summed E-state index contributed by atoms with van der Waals surface area (Å²) in [6, 6.07) is 2.95. The van der Waals surface area contributed by atoms with E-state index in [-0.39, 0.29) is 24.1 Å². The molecule has 0 spiro atoms. The van der Waals surface area contributed by atoms with Gasteiger partial charge in [-0.1, -0.05) is 0 Å². The Morgan fingerprint density at radius 3 is 2.83 bits per heavy atom. The zero-order chi connectivity index (χ0) is 13.1. The third kappa shape index (κ3) is 2.98. The normalized spacial score (nSPS) is 16.3. The molecule has 1 saturated carbocycles. The molecule has 1 amide bonds. The average molecular weight is 250 g/mol. The first-order valence-electron chi connectivity index (χ1n) is 6.20. The number of carbonyl (C=O) groups excluding carboxylic acids is 1. The molecule has 0 bridgehead atoms. The van der Waals surface area contributed by atoms with E-state index in [4.69, 9.17) is 5.11 Å². The number of carbonyl (C=O) groups is 1. The highest BCUT2D eigenvalue weighted by molar-refractivity contribution is 5.94. The van der Waals surface area contributed by atoms with Crippen LogP contribution in [0.5, 0.6) is 0 Å². The Labute approximate surface area is 105 Å². The molecule has 2 rings (SSSR count). The summed E-state index contributed by atoms with van der Waals surface area (Å²) in [6.45, 7) is 0.0781. The van der Waals surface area contributed by atoms with Gasteiger partial charge >= 0.3 is 0 Å². The van der Waals surface area contributed by atoms with E-state index in [0.717, 1.165) is 12.8 Å². The van der Waals surface area contributed by atoms with Gasteiger partial charge in [0.15, 0.2) is 0 Å². The molecule has 98 valence electrons. The second-order valence-electron chi connectivity index (χ2n) is 4.80. The number of hydrogen-bond acceptors (Lipinski definition) is 3. The Bertz CT molecular complexity index is 491. The highest BCUT2D eigenvalue weighted by Crippen LogP contribution is 2.33. The summed E-state index contributed by atoms with van der Waals surface area (Å²) in [7, 11) is 1.62. The predicted molar refractivity (Wildman–Crippen MR) is 67.4 cm³/mol. The molecule has 1 heterocycles. The molecule has 1 aromatic rings. The largest absolute Gasteiger partial charge is 0.396 e. The highest BCUT2D eigenvalue weighted by Gasteiger charge is 2.31. The van der Waals surface area contributed by atoms with Crippen molar-refractivity contribution in [1.29, 1.82) is 0 Å². The maximum Gasteiger partial charge on any atom is 0.252 e. The van der Waals surface area contributed by atoms with Crippen molar-refractivity contribution in [2.75, 3.05) is 6.61 Å². The van der Waals surface area contributed by atoms with Gasteiger partial charge in [0, 0.05) is 32.0 Å². The maximum absolute atomic E-state index is 12.0. The molecule has 1 fully saturated rings. The van der Waals surface area contributed by atoms with Crippen LogP contribution in [0.15, 0.2) is 23.1 Å². The molecular weight excluding hydrogens is 232 g/mol. The number of aromatic nitrogens is 1. The van der Waals surface area contributed by atoms with Crippen LogP contribution < -0.4 is 10.9 Å². The van der Waals surface area contributed by atoms with E-state index in [0.29, 0.717) is 17.9 Å². The van der Waals surface area contributed by atoms with E-state index in [2.05, 4.69) is 5.32 Å². The quantitative estimate of drug-likeness (QED) is 0.788. The summed E-state index contributed by atoms with van der Waals surface area (Å²) < 4.78 is 1.38. The van der Waals surface area contributed by atoms with Crippen molar-refractivity contribution in [3.05, 3.63) is 34.2 Å². The molecule has 0 radical (unpaired) electrons. The van der Waals surface area contributed by atoms with Gasteiger partial charge in [0.1, 0.15) is 0 Å². The molecule has 5 heteroatoms. The minimum Gasteiger partial charge on any atom is -0.396 e. The number of nitrogens with zero attached hydrogens (tertiary/aromatic N) is 1. The van der Waals surface area contributed by atoms with Crippen LogP contribution in [0.2, 0.25) is 0 Å². The van der Waals surface area contributed by atoms with Crippen LogP contribution >= 0.6 is 0 Å². The van der Waals surface area contributed by atoms with Gasteiger partial charge in [-0.15, -0.1) is 0 Å². The van der Waals surface area contributed by atoms with Crippen molar-refractivity contribution in [3.8, 4) is 0 Å². The van der Waals surface area contributed by atoms with Crippen LogP contribution in [-0.2, 0) is 7.05 Å². The first-order valence-corrected chi connectivity index (χ1v) is 6.20. The third-order valence-electron chi connectivity index (χ3n) is 3.30. The van der Waals surface area contributed by atoms with E-state index in [9.17, 15) is 9.59 Å². The minimum absolute atomic E-state index is 0.0414. The molecule has 1 atom stereocenters. The van der Waals surface area contributed by atoms with Gasteiger partial charge in [-0.05, 0) is 31.2 Å². The van der Waals surface area contributed by atoms with Gasteiger partial charge in [0.05, 0.1) is 5.56 Å². The van der Waals surface area contributed by atoms with E-state index >= 15 is 0 Å². The zero-order valence-electron chi connectivity index (χ0n) is 10.4. The first kappa shape index (κ1) is 12.8. The van der Waals surface area contributed by atoms with Gasteiger partial charge in [-0.2, -0.15) is 0 Å². The number of hydrogen-bond donors (Lipinski definition) is 2. The monoisotopic (exact) mass is 250 g/mol. The average Bonchev–Trinajstić information content (AvgIpc) is 3.16. The standard InChI is InChI=1S/C13H18N2O3/c1-15-8-10(4-5-12(15)17)13(18)14-11(6-7-16)9-2-3-9/h4-5,8-9,11,16H,2-3,6-7H2,1H3,(H,14,18). The Kier molecular flexibility index (Phi) is 3.81. The minimum atomic E-state index is -0.184. The summed E-state index contributed by atoms with van der Waals surface area (Å²) in [5.41, 5.74) is 0.335. The molecule has 0 saturated heterocycles. The van der Waals surface area contributed by atoms with Crippen LogP contribution in [0.3, 0.4) is 0 Å². The molecule has 1 aliphatic carbocycles. The molecule has 5 nitrogen and oxygen atoms in total. The maximum atomic E-state index is 12.0. The topological polar surface area (TPSA) is 71.3 Å².